The number of hydrogen-bond donors (Lipinski definition) is 0. The Hall–Kier alpha value is -3.66. The van der Waals surface area contributed by atoms with E-state index in [9.17, 15) is 14.9 Å². The molecule has 3 aromatic rings. The van der Waals surface area contributed by atoms with E-state index < -0.39 is 5.56 Å². The Kier molecular flexibility index (Phi) is 5.18. The van der Waals surface area contributed by atoms with Crippen molar-refractivity contribution in [2.75, 3.05) is 4.90 Å². The van der Waals surface area contributed by atoms with E-state index in [4.69, 9.17) is 4.42 Å². The Bertz CT molecular complexity index is 1050. The lowest BCUT2D eigenvalue weighted by Crippen LogP contribution is -2.38. The standard InChI is InChI=1S/C20H18N4O3/c1-14-15(2)22-24(20(26)18(14)11-21)13-19(25)23(12-17-9-6-10-27-17)16-7-4-3-5-8-16/h3-10H,12-13H2,1-2H3. The van der Waals surface area contributed by atoms with Gasteiger partial charge >= 0.3 is 0 Å². The summed E-state index contributed by atoms with van der Waals surface area (Å²) in [6.45, 7) is 3.32. The lowest BCUT2D eigenvalue weighted by atomic mass is 10.1. The quantitative estimate of drug-likeness (QED) is 0.695. The third kappa shape index (κ3) is 3.80. The minimum absolute atomic E-state index is 0.00703. The molecule has 0 N–H and O–H groups in total. The Morgan fingerprint density at radius 2 is 1.96 bits per heavy atom. The molecule has 0 saturated heterocycles. The number of carbonyl (C=O) groups is 1. The van der Waals surface area contributed by atoms with Gasteiger partial charge in [0.05, 0.1) is 18.5 Å². The van der Waals surface area contributed by atoms with Crippen molar-refractivity contribution in [2.24, 2.45) is 0 Å². The zero-order valence-corrected chi connectivity index (χ0v) is 15.0. The number of carbonyl (C=O) groups excluding carboxylic acids is 1. The number of aromatic nitrogens is 2. The van der Waals surface area contributed by atoms with Crippen molar-refractivity contribution in [3.8, 4) is 6.07 Å². The average molecular weight is 362 g/mol. The molecule has 2 heterocycles. The number of aryl methyl sites for hydroxylation is 1. The average Bonchev–Trinajstić information content (AvgIpc) is 3.18. The highest BCUT2D eigenvalue weighted by Gasteiger charge is 2.20. The van der Waals surface area contributed by atoms with Crippen LogP contribution in [0, 0.1) is 25.2 Å². The van der Waals surface area contributed by atoms with Gasteiger partial charge in [-0.15, -0.1) is 0 Å². The third-order valence-electron chi connectivity index (χ3n) is 4.30. The minimum Gasteiger partial charge on any atom is -0.467 e. The summed E-state index contributed by atoms with van der Waals surface area (Å²) in [7, 11) is 0. The van der Waals surface area contributed by atoms with E-state index in [2.05, 4.69) is 5.10 Å². The van der Waals surface area contributed by atoms with Crippen molar-refractivity contribution in [1.82, 2.24) is 9.78 Å². The summed E-state index contributed by atoms with van der Waals surface area (Å²) in [5, 5.41) is 13.4. The van der Waals surface area contributed by atoms with Crippen molar-refractivity contribution < 1.29 is 9.21 Å². The van der Waals surface area contributed by atoms with E-state index in [1.165, 1.54) is 11.2 Å². The van der Waals surface area contributed by atoms with Crippen LogP contribution in [0.3, 0.4) is 0 Å². The molecule has 0 spiro atoms. The molecule has 0 radical (unpaired) electrons. The maximum atomic E-state index is 13.0. The van der Waals surface area contributed by atoms with E-state index in [-0.39, 0.29) is 24.6 Å². The molecule has 2 aromatic heterocycles. The number of rotatable bonds is 5. The first-order chi connectivity index (χ1) is 13.0. The van der Waals surface area contributed by atoms with E-state index in [1.807, 2.05) is 24.3 Å². The predicted molar refractivity (Wildman–Crippen MR) is 99.0 cm³/mol. The molecule has 7 heteroatoms. The van der Waals surface area contributed by atoms with Crippen molar-refractivity contribution >= 4 is 11.6 Å². The Labute approximate surface area is 156 Å². The summed E-state index contributed by atoms with van der Waals surface area (Å²) in [5.41, 5.74) is 1.18. The maximum Gasteiger partial charge on any atom is 0.285 e. The largest absolute Gasteiger partial charge is 0.467 e. The van der Waals surface area contributed by atoms with Crippen LogP contribution in [0.1, 0.15) is 22.6 Å². The number of anilines is 1. The molecule has 0 aliphatic carbocycles. The van der Waals surface area contributed by atoms with E-state index in [0.717, 1.165) is 4.68 Å². The first kappa shape index (κ1) is 18.1. The number of nitriles is 1. The third-order valence-corrected chi connectivity index (χ3v) is 4.30. The van der Waals surface area contributed by atoms with Crippen LogP contribution in [0.25, 0.3) is 0 Å². The van der Waals surface area contributed by atoms with Gasteiger partial charge in [-0.3, -0.25) is 9.59 Å². The molecule has 27 heavy (non-hydrogen) atoms. The maximum absolute atomic E-state index is 13.0. The normalized spacial score (nSPS) is 10.4. The molecule has 0 unspecified atom stereocenters. The smallest absolute Gasteiger partial charge is 0.285 e. The van der Waals surface area contributed by atoms with Crippen LogP contribution >= 0.6 is 0 Å². The van der Waals surface area contributed by atoms with Crippen LogP contribution in [0.2, 0.25) is 0 Å². The molecule has 3 rings (SSSR count). The molecule has 0 atom stereocenters. The van der Waals surface area contributed by atoms with E-state index >= 15 is 0 Å². The molecule has 1 aromatic carbocycles. The molecular formula is C20H18N4O3. The molecule has 0 aliphatic rings. The molecule has 1 amide bonds. The Morgan fingerprint density at radius 1 is 1.22 bits per heavy atom. The summed E-state index contributed by atoms with van der Waals surface area (Å²) in [6, 6.07) is 14.5. The van der Waals surface area contributed by atoms with Crippen LogP contribution in [0.15, 0.2) is 57.9 Å². The number of para-hydroxylation sites is 1. The summed E-state index contributed by atoms with van der Waals surface area (Å²) >= 11 is 0. The van der Waals surface area contributed by atoms with Crippen LogP contribution in [0.5, 0.6) is 0 Å². The summed E-state index contributed by atoms with van der Waals surface area (Å²) in [4.78, 5) is 27.0. The molecule has 0 aliphatic heterocycles. The minimum atomic E-state index is -0.569. The van der Waals surface area contributed by atoms with Gasteiger partial charge in [0.25, 0.3) is 5.56 Å². The lowest BCUT2D eigenvalue weighted by Gasteiger charge is -2.22. The number of furan rings is 1. The second kappa shape index (κ2) is 7.70. The summed E-state index contributed by atoms with van der Waals surface area (Å²) in [5.74, 6) is 0.282. The van der Waals surface area contributed by atoms with Crippen LogP contribution in [0.4, 0.5) is 5.69 Å². The zero-order valence-electron chi connectivity index (χ0n) is 15.0. The Balaban J connectivity index is 1.95. The number of amides is 1. The van der Waals surface area contributed by atoms with Crippen molar-refractivity contribution in [1.29, 1.82) is 5.26 Å². The SMILES string of the molecule is Cc1nn(CC(=O)N(Cc2ccco2)c2ccccc2)c(=O)c(C#N)c1C. The Morgan fingerprint density at radius 3 is 2.59 bits per heavy atom. The van der Waals surface area contributed by atoms with E-state index in [1.54, 1.807) is 38.1 Å². The first-order valence-corrected chi connectivity index (χ1v) is 8.37. The second-order valence-electron chi connectivity index (χ2n) is 6.05. The molecule has 0 bridgehead atoms. The molecule has 7 nitrogen and oxygen atoms in total. The number of benzene rings is 1. The van der Waals surface area contributed by atoms with Gasteiger partial charge in [0, 0.05) is 5.69 Å². The van der Waals surface area contributed by atoms with Crippen molar-refractivity contribution in [3.05, 3.63) is 81.7 Å². The predicted octanol–water partition coefficient (Wildman–Crippen LogP) is 2.56. The summed E-state index contributed by atoms with van der Waals surface area (Å²) in [6.07, 6.45) is 1.54. The molecule has 136 valence electrons. The van der Waals surface area contributed by atoms with Crippen LogP contribution in [-0.2, 0) is 17.9 Å². The van der Waals surface area contributed by atoms with Gasteiger partial charge in [-0.25, -0.2) is 4.68 Å². The topological polar surface area (TPSA) is 92.1 Å². The molecule has 0 fully saturated rings. The van der Waals surface area contributed by atoms with Crippen molar-refractivity contribution in [3.63, 3.8) is 0 Å². The number of hydrogen-bond acceptors (Lipinski definition) is 5. The molecule has 0 saturated carbocycles. The van der Waals surface area contributed by atoms with Gasteiger partial charge < -0.3 is 9.32 Å². The summed E-state index contributed by atoms with van der Waals surface area (Å²) < 4.78 is 6.40. The number of nitrogens with zero attached hydrogens (tertiary/aromatic N) is 4. The van der Waals surface area contributed by atoms with Gasteiger partial charge in [0.2, 0.25) is 5.91 Å². The fraction of sp³-hybridized carbons (Fsp3) is 0.200. The highest BCUT2D eigenvalue weighted by Crippen LogP contribution is 2.18. The van der Waals surface area contributed by atoms with Gasteiger partial charge in [-0.2, -0.15) is 10.4 Å². The van der Waals surface area contributed by atoms with Gasteiger partial charge in [-0.05, 0) is 43.7 Å². The highest BCUT2D eigenvalue weighted by atomic mass is 16.3. The zero-order chi connectivity index (χ0) is 19.4. The second-order valence-corrected chi connectivity index (χ2v) is 6.05. The fourth-order valence-electron chi connectivity index (χ4n) is 2.71. The van der Waals surface area contributed by atoms with Crippen LogP contribution in [-0.4, -0.2) is 15.7 Å². The van der Waals surface area contributed by atoms with Gasteiger partial charge in [0.15, 0.2) is 0 Å². The highest BCUT2D eigenvalue weighted by molar-refractivity contribution is 5.93. The fourth-order valence-corrected chi connectivity index (χ4v) is 2.71. The van der Waals surface area contributed by atoms with E-state index in [0.29, 0.717) is 22.7 Å². The van der Waals surface area contributed by atoms with Gasteiger partial charge in [-0.1, -0.05) is 18.2 Å². The molecular weight excluding hydrogens is 344 g/mol. The first-order valence-electron chi connectivity index (χ1n) is 8.37. The van der Waals surface area contributed by atoms with Crippen LogP contribution < -0.4 is 10.5 Å². The monoisotopic (exact) mass is 362 g/mol. The lowest BCUT2D eigenvalue weighted by molar-refractivity contribution is -0.119. The van der Waals surface area contributed by atoms with Gasteiger partial charge in [0.1, 0.15) is 23.9 Å². The van der Waals surface area contributed by atoms with Crippen molar-refractivity contribution in [2.45, 2.75) is 26.9 Å².